The van der Waals surface area contributed by atoms with Gasteiger partial charge in [0.25, 0.3) is 0 Å². The lowest BCUT2D eigenvalue weighted by atomic mass is 10.1. The Labute approximate surface area is 184 Å². The number of carboxylic acids is 1. The van der Waals surface area contributed by atoms with E-state index in [9.17, 15) is 9.90 Å². The number of aliphatic hydroxyl groups is 1. The second-order valence-electron chi connectivity index (χ2n) is 6.41. The molecule has 0 atom stereocenters. The highest BCUT2D eigenvalue weighted by Gasteiger charge is 2.15. The van der Waals surface area contributed by atoms with E-state index in [1.54, 1.807) is 12.1 Å². The third-order valence-electron chi connectivity index (χ3n) is 4.22. The van der Waals surface area contributed by atoms with E-state index in [0.29, 0.717) is 45.4 Å². The maximum atomic E-state index is 11.7. The highest BCUT2D eigenvalue weighted by atomic mass is 32.1. The molecule has 9 heteroatoms. The number of nitrogens with zero attached hydrogens (tertiary/aromatic N) is 1. The number of thiazole rings is 1. The highest BCUT2D eigenvalue weighted by Crippen LogP contribution is 2.32. The standard InChI is InChI=1S/C22H25NO7S/c24-7-8-27-9-10-28-11-12-29-13-14-30-19-6-5-16(15-17(19)22(25)26)21-23-18-3-1-2-4-20(18)31-21/h1-6,15,24H,7-14H2,(H,25,26). The van der Waals surface area contributed by atoms with Crippen LogP contribution in [-0.2, 0) is 14.2 Å². The quantitative estimate of drug-likeness (QED) is 0.363. The first kappa shape index (κ1) is 23.1. The second kappa shape index (κ2) is 12.3. The van der Waals surface area contributed by atoms with Gasteiger partial charge < -0.3 is 29.2 Å². The summed E-state index contributed by atoms with van der Waals surface area (Å²) in [6.45, 7) is 2.50. The van der Waals surface area contributed by atoms with Crippen molar-refractivity contribution in [1.29, 1.82) is 0 Å². The van der Waals surface area contributed by atoms with Gasteiger partial charge in [-0.05, 0) is 30.3 Å². The summed E-state index contributed by atoms with van der Waals surface area (Å²) in [4.78, 5) is 16.3. The van der Waals surface area contributed by atoms with E-state index in [0.717, 1.165) is 20.8 Å². The van der Waals surface area contributed by atoms with Crippen LogP contribution in [0.25, 0.3) is 20.8 Å². The van der Waals surface area contributed by atoms with E-state index < -0.39 is 5.97 Å². The molecular formula is C22H25NO7S. The zero-order chi connectivity index (χ0) is 21.9. The van der Waals surface area contributed by atoms with Gasteiger partial charge in [-0.3, -0.25) is 0 Å². The molecule has 1 aromatic heterocycles. The highest BCUT2D eigenvalue weighted by molar-refractivity contribution is 7.21. The van der Waals surface area contributed by atoms with Gasteiger partial charge in [0.1, 0.15) is 22.9 Å². The minimum Gasteiger partial charge on any atom is -0.490 e. The SMILES string of the molecule is O=C(O)c1cc(-c2nc3ccccc3s2)ccc1OCCOCCOCCOCCO. The topological polar surface area (TPSA) is 107 Å². The molecule has 166 valence electrons. The first-order valence-corrected chi connectivity index (χ1v) is 10.7. The number of aromatic carboxylic acids is 1. The summed E-state index contributed by atoms with van der Waals surface area (Å²) < 4.78 is 22.5. The number of fused-ring (bicyclic) bond motifs is 1. The summed E-state index contributed by atoms with van der Waals surface area (Å²) in [5, 5.41) is 18.9. The molecule has 0 radical (unpaired) electrons. The van der Waals surface area contributed by atoms with Gasteiger partial charge in [-0.2, -0.15) is 0 Å². The number of carbonyl (C=O) groups is 1. The number of para-hydroxylation sites is 1. The number of ether oxygens (including phenoxy) is 4. The van der Waals surface area contributed by atoms with Crippen molar-refractivity contribution in [1.82, 2.24) is 4.98 Å². The van der Waals surface area contributed by atoms with Crippen molar-refractivity contribution in [2.75, 3.05) is 52.9 Å². The number of aromatic nitrogens is 1. The maximum Gasteiger partial charge on any atom is 0.339 e. The predicted molar refractivity (Wildman–Crippen MR) is 117 cm³/mol. The molecule has 0 saturated carbocycles. The molecule has 0 unspecified atom stereocenters. The lowest BCUT2D eigenvalue weighted by molar-refractivity contribution is 0.00355. The van der Waals surface area contributed by atoms with Crippen LogP contribution in [-0.4, -0.2) is 74.0 Å². The average Bonchev–Trinajstić information content (AvgIpc) is 3.22. The lowest BCUT2D eigenvalue weighted by Gasteiger charge is -2.11. The van der Waals surface area contributed by atoms with Gasteiger partial charge in [0.2, 0.25) is 0 Å². The maximum absolute atomic E-state index is 11.7. The Morgan fingerprint density at radius 2 is 1.58 bits per heavy atom. The smallest absolute Gasteiger partial charge is 0.339 e. The second-order valence-corrected chi connectivity index (χ2v) is 7.44. The van der Waals surface area contributed by atoms with Gasteiger partial charge in [0.05, 0.1) is 56.5 Å². The molecule has 3 aromatic rings. The number of rotatable bonds is 14. The van der Waals surface area contributed by atoms with Crippen molar-refractivity contribution < 1.29 is 34.0 Å². The zero-order valence-corrected chi connectivity index (χ0v) is 17.8. The Bertz CT molecular complexity index is 942. The van der Waals surface area contributed by atoms with Crippen LogP contribution >= 0.6 is 11.3 Å². The molecular weight excluding hydrogens is 422 g/mol. The minimum absolute atomic E-state index is 0.00257. The van der Waals surface area contributed by atoms with Gasteiger partial charge >= 0.3 is 5.97 Å². The van der Waals surface area contributed by atoms with E-state index in [-0.39, 0.29) is 18.8 Å². The van der Waals surface area contributed by atoms with Crippen LogP contribution in [0, 0.1) is 0 Å². The molecule has 8 nitrogen and oxygen atoms in total. The summed E-state index contributed by atoms with van der Waals surface area (Å²) in [5.41, 5.74) is 1.71. The van der Waals surface area contributed by atoms with Gasteiger partial charge in [0.15, 0.2) is 0 Å². The Balaban J connectivity index is 1.46. The van der Waals surface area contributed by atoms with Gasteiger partial charge in [-0.15, -0.1) is 11.3 Å². The molecule has 0 fully saturated rings. The summed E-state index contributed by atoms with van der Waals surface area (Å²) in [6.07, 6.45) is 0. The number of aliphatic hydroxyl groups excluding tert-OH is 1. The van der Waals surface area contributed by atoms with E-state index in [1.165, 1.54) is 11.3 Å². The number of hydrogen-bond acceptors (Lipinski definition) is 8. The molecule has 0 amide bonds. The van der Waals surface area contributed by atoms with Crippen molar-refractivity contribution in [2.45, 2.75) is 0 Å². The molecule has 0 aliphatic rings. The van der Waals surface area contributed by atoms with E-state index >= 15 is 0 Å². The fraction of sp³-hybridized carbons (Fsp3) is 0.364. The number of hydrogen-bond donors (Lipinski definition) is 2. The monoisotopic (exact) mass is 447 g/mol. The molecule has 2 N–H and O–H groups in total. The van der Waals surface area contributed by atoms with Crippen LogP contribution in [0.5, 0.6) is 5.75 Å². The zero-order valence-electron chi connectivity index (χ0n) is 17.0. The largest absolute Gasteiger partial charge is 0.490 e. The Hall–Kier alpha value is -2.56. The fourth-order valence-electron chi connectivity index (χ4n) is 2.77. The molecule has 0 saturated heterocycles. The van der Waals surface area contributed by atoms with Gasteiger partial charge in [0, 0.05) is 5.56 Å². The van der Waals surface area contributed by atoms with Gasteiger partial charge in [-0.25, -0.2) is 9.78 Å². The van der Waals surface area contributed by atoms with Crippen LogP contribution in [0.3, 0.4) is 0 Å². The fourth-order valence-corrected chi connectivity index (χ4v) is 3.73. The average molecular weight is 448 g/mol. The molecule has 31 heavy (non-hydrogen) atoms. The number of carboxylic acid groups (broad SMARTS) is 1. The van der Waals surface area contributed by atoms with Crippen molar-refractivity contribution >= 4 is 27.5 Å². The minimum atomic E-state index is -1.06. The molecule has 0 spiro atoms. The first-order valence-electron chi connectivity index (χ1n) is 9.89. The first-order chi connectivity index (χ1) is 15.2. The molecule has 3 rings (SSSR count). The normalized spacial score (nSPS) is 11.1. The van der Waals surface area contributed by atoms with E-state index in [2.05, 4.69) is 4.98 Å². The van der Waals surface area contributed by atoms with Crippen LogP contribution < -0.4 is 4.74 Å². The predicted octanol–water partition coefficient (Wildman–Crippen LogP) is 3.08. The van der Waals surface area contributed by atoms with Gasteiger partial charge in [-0.1, -0.05) is 12.1 Å². The van der Waals surface area contributed by atoms with Crippen LogP contribution in [0.15, 0.2) is 42.5 Å². The van der Waals surface area contributed by atoms with Crippen molar-refractivity contribution in [3.8, 4) is 16.3 Å². The Kier molecular flexibility index (Phi) is 9.19. The van der Waals surface area contributed by atoms with E-state index in [1.807, 2.05) is 30.3 Å². The van der Waals surface area contributed by atoms with Crippen LogP contribution in [0.2, 0.25) is 0 Å². The summed E-state index contributed by atoms with van der Waals surface area (Å²) in [5.74, 6) is -0.770. The summed E-state index contributed by atoms with van der Waals surface area (Å²) in [7, 11) is 0. The van der Waals surface area contributed by atoms with Crippen molar-refractivity contribution in [3.63, 3.8) is 0 Å². The molecule has 2 aromatic carbocycles. The number of benzene rings is 2. The lowest BCUT2D eigenvalue weighted by Crippen LogP contribution is -2.14. The Morgan fingerprint density at radius 1 is 0.903 bits per heavy atom. The molecule has 0 aliphatic heterocycles. The summed E-state index contributed by atoms with van der Waals surface area (Å²) >= 11 is 1.52. The Morgan fingerprint density at radius 3 is 2.26 bits per heavy atom. The third kappa shape index (κ3) is 6.98. The van der Waals surface area contributed by atoms with Crippen LogP contribution in [0.1, 0.15) is 10.4 Å². The van der Waals surface area contributed by atoms with Crippen LogP contribution in [0.4, 0.5) is 0 Å². The van der Waals surface area contributed by atoms with Crippen molar-refractivity contribution in [2.24, 2.45) is 0 Å². The molecule has 0 bridgehead atoms. The molecule has 0 aliphatic carbocycles. The molecule has 1 heterocycles. The third-order valence-corrected chi connectivity index (χ3v) is 5.30. The van der Waals surface area contributed by atoms with Crippen molar-refractivity contribution in [3.05, 3.63) is 48.0 Å². The summed E-state index contributed by atoms with van der Waals surface area (Å²) in [6, 6.07) is 12.8. The van der Waals surface area contributed by atoms with E-state index in [4.69, 9.17) is 24.1 Å².